The van der Waals surface area contributed by atoms with Gasteiger partial charge in [-0.25, -0.2) is 0 Å². The van der Waals surface area contributed by atoms with E-state index in [1.807, 2.05) is 6.07 Å². The minimum atomic E-state index is 0.316. The molecule has 0 bridgehead atoms. The van der Waals surface area contributed by atoms with Gasteiger partial charge < -0.3 is 5.32 Å². The van der Waals surface area contributed by atoms with E-state index in [2.05, 4.69) is 18.3 Å². The maximum Gasteiger partial charge on any atom is 0.0931 e. The number of nitrogens with one attached hydrogen (secondary N) is 1. The predicted molar refractivity (Wildman–Crippen MR) is 58.8 cm³/mol. The molecule has 13 heavy (non-hydrogen) atoms. The van der Waals surface area contributed by atoms with Crippen LogP contribution in [0.5, 0.6) is 0 Å². The summed E-state index contributed by atoms with van der Waals surface area (Å²) in [4.78, 5) is 1.42. The number of thiophene rings is 1. The monoisotopic (exact) mass is 215 g/mol. The third-order valence-corrected chi connectivity index (χ3v) is 4.30. The number of hydrogen-bond donors (Lipinski definition) is 1. The van der Waals surface area contributed by atoms with Gasteiger partial charge in [-0.15, -0.1) is 11.3 Å². The number of hydrogen-bond acceptors (Lipinski definition) is 2. The van der Waals surface area contributed by atoms with Crippen molar-refractivity contribution in [1.29, 1.82) is 0 Å². The van der Waals surface area contributed by atoms with Gasteiger partial charge in [0.1, 0.15) is 0 Å². The largest absolute Gasteiger partial charge is 0.316 e. The molecule has 1 saturated heterocycles. The second-order valence-electron chi connectivity index (χ2n) is 3.94. The summed E-state index contributed by atoms with van der Waals surface area (Å²) in [5.74, 6) is 0. The zero-order valence-corrected chi connectivity index (χ0v) is 9.34. The summed E-state index contributed by atoms with van der Waals surface area (Å²) in [6.45, 7) is 4.57. The minimum absolute atomic E-state index is 0.316. The van der Waals surface area contributed by atoms with Crippen molar-refractivity contribution in [3.63, 3.8) is 0 Å². The highest BCUT2D eigenvalue weighted by Crippen LogP contribution is 2.36. The van der Waals surface area contributed by atoms with Crippen molar-refractivity contribution in [2.45, 2.75) is 25.2 Å². The third-order valence-electron chi connectivity index (χ3n) is 2.77. The van der Waals surface area contributed by atoms with Crippen LogP contribution in [0.2, 0.25) is 4.34 Å². The molecule has 1 aromatic heterocycles. The van der Waals surface area contributed by atoms with E-state index in [0.717, 1.165) is 17.4 Å². The average Bonchev–Trinajstić information content (AvgIpc) is 2.54. The molecule has 0 radical (unpaired) electrons. The molecule has 1 unspecified atom stereocenters. The van der Waals surface area contributed by atoms with Crippen LogP contribution in [-0.4, -0.2) is 13.1 Å². The molecule has 1 nitrogen and oxygen atoms in total. The van der Waals surface area contributed by atoms with Crippen LogP contribution in [0.15, 0.2) is 12.1 Å². The van der Waals surface area contributed by atoms with Crippen molar-refractivity contribution in [1.82, 2.24) is 5.32 Å². The van der Waals surface area contributed by atoms with Gasteiger partial charge in [-0.2, -0.15) is 0 Å². The molecule has 72 valence electrons. The van der Waals surface area contributed by atoms with Gasteiger partial charge in [-0.3, -0.25) is 0 Å². The van der Waals surface area contributed by atoms with Crippen molar-refractivity contribution in [2.75, 3.05) is 13.1 Å². The first-order valence-corrected chi connectivity index (χ1v) is 5.87. The van der Waals surface area contributed by atoms with E-state index >= 15 is 0 Å². The van der Waals surface area contributed by atoms with E-state index in [1.54, 1.807) is 11.3 Å². The normalized spacial score (nSPS) is 29.1. The first-order valence-electron chi connectivity index (χ1n) is 4.67. The fraction of sp³-hybridized carbons (Fsp3) is 0.600. The molecule has 1 aliphatic heterocycles. The van der Waals surface area contributed by atoms with E-state index < -0.39 is 0 Å². The Morgan fingerprint density at radius 1 is 1.54 bits per heavy atom. The summed E-state index contributed by atoms with van der Waals surface area (Å²) >= 11 is 7.66. The second kappa shape index (κ2) is 3.60. The van der Waals surface area contributed by atoms with Crippen LogP contribution in [0.25, 0.3) is 0 Å². The summed E-state index contributed by atoms with van der Waals surface area (Å²) in [6, 6.07) is 4.17. The van der Waals surface area contributed by atoms with E-state index in [4.69, 9.17) is 11.6 Å². The number of rotatable bonds is 1. The van der Waals surface area contributed by atoms with Gasteiger partial charge in [-0.1, -0.05) is 18.5 Å². The molecule has 0 amide bonds. The molecule has 1 atom stereocenters. The Balaban J connectivity index is 2.22. The Labute approximate surface area is 88.1 Å². The van der Waals surface area contributed by atoms with Crippen LogP contribution >= 0.6 is 22.9 Å². The Kier molecular flexibility index (Phi) is 2.63. The lowest BCUT2D eigenvalue weighted by Gasteiger charge is -2.33. The van der Waals surface area contributed by atoms with Crippen LogP contribution in [0.3, 0.4) is 0 Å². The highest BCUT2D eigenvalue weighted by molar-refractivity contribution is 7.16. The molecule has 0 aliphatic carbocycles. The minimum Gasteiger partial charge on any atom is -0.316 e. The predicted octanol–water partition coefficient (Wildman–Crippen LogP) is 3.04. The van der Waals surface area contributed by atoms with E-state index in [1.165, 1.54) is 17.7 Å². The molecule has 0 aromatic carbocycles. The maximum atomic E-state index is 5.94. The van der Waals surface area contributed by atoms with Crippen molar-refractivity contribution in [3.8, 4) is 0 Å². The van der Waals surface area contributed by atoms with Crippen molar-refractivity contribution >= 4 is 22.9 Å². The Morgan fingerprint density at radius 3 is 2.92 bits per heavy atom. The van der Waals surface area contributed by atoms with Gasteiger partial charge >= 0.3 is 0 Å². The van der Waals surface area contributed by atoms with Crippen LogP contribution in [-0.2, 0) is 5.41 Å². The van der Waals surface area contributed by atoms with Crippen LogP contribution in [0, 0.1) is 0 Å². The summed E-state index contributed by atoms with van der Waals surface area (Å²) in [5.41, 5.74) is 0.316. The molecule has 1 aliphatic rings. The lowest BCUT2D eigenvalue weighted by atomic mass is 9.81. The molecule has 1 N–H and O–H groups in total. The molecule has 3 heteroatoms. The van der Waals surface area contributed by atoms with Crippen LogP contribution < -0.4 is 5.32 Å². The standard InChI is InChI=1S/C10H14ClNS/c1-10(5-2-6-12-7-10)8-3-4-9(11)13-8/h3-4,12H,2,5-7H2,1H3. The van der Waals surface area contributed by atoms with E-state index in [-0.39, 0.29) is 0 Å². The summed E-state index contributed by atoms with van der Waals surface area (Å²) < 4.78 is 0.904. The fourth-order valence-electron chi connectivity index (χ4n) is 1.91. The number of piperidine rings is 1. The zero-order valence-electron chi connectivity index (χ0n) is 7.77. The zero-order chi connectivity index (χ0) is 9.31. The van der Waals surface area contributed by atoms with Crippen LogP contribution in [0.4, 0.5) is 0 Å². The average molecular weight is 216 g/mol. The van der Waals surface area contributed by atoms with E-state index in [0.29, 0.717) is 5.41 Å². The molecule has 0 spiro atoms. The summed E-state index contributed by atoms with van der Waals surface area (Å²) in [6.07, 6.45) is 2.54. The smallest absolute Gasteiger partial charge is 0.0931 e. The van der Waals surface area contributed by atoms with Gasteiger partial charge in [0.05, 0.1) is 4.34 Å². The first-order chi connectivity index (χ1) is 6.21. The molecule has 0 saturated carbocycles. The topological polar surface area (TPSA) is 12.0 Å². The lowest BCUT2D eigenvalue weighted by molar-refractivity contribution is 0.345. The van der Waals surface area contributed by atoms with Crippen LogP contribution in [0.1, 0.15) is 24.6 Å². The molecule has 2 rings (SSSR count). The third kappa shape index (κ3) is 1.90. The maximum absolute atomic E-state index is 5.94. The quantitative estimate of drug-likeness (QED) is 0.760. The number of halogens is 1. The van der Waals surface area contributed by atoms with Crippen molar-refractivity contribution in [3.05, 3.63) is 21.3 Å². The fourth-order valence-corrected chi connectivity index (χ4v) is 3.12. The van der Waals surface area contributed by atoms with Crippen molar-refractivity contribution in [2.24, 2.45) is 0 Å². The molecule has 2 heterocycles. The van der Waals surface area contributed by atoms with Gasteiger partial charge in [0, 0.05) is 16.8 Å². The molecular formula is C10H14ClNS. The van der Waals surface area contributed by atoms with Crippen molar-refractivity contribution < 1.29 is 0 Å². The summed E-state index contributed by atoms with van der Waals surface area (Å²) in [7, 11) is 0. The van der Waals surface area contributed by atoms with Gasteiger partial charge in [0.25, 0.3) is 0 Å². The molecular weight excluding hydrogens is 202 g/mol. The van der Waals surface area contributed by atoms with E-state index in [9.17, 15) is 0 Å². The summed E-state index contributed by atoms with van der Waals surface area (Å²) in [5, 5.41) is 3.45. The first kappa shape index (κ1) is 9.50. The van der Waals surface area contributed by atoms with Gasteiger partial charge in [-0.05, 0) is 31.5 Å². The Morgan fingerprint density at radius 2 is 2.38 bits per heavy atom. The molecule has 1 aromatic rings. The van der Waals surface area contributed by atoms with Gasteiger partial charge in [0.15, 0.2) is 0 Å². The SMILES string of the molecule is CC1(c2ccc(Cl)s2)CCCNC1. The Bertz CT molecular complexity index is 289. The Hall–Kier alpha value is -0.0500. The highest BCUT2D eigenvalue weighted by Gasteiger charge is 2.29. The lowest BCUT2D eigenvalue weighted by Crippen LogP contribution is -2.40. The highest BCUT2D eigenvalue weighted by atomic mass is 35.5. The van der Waals surface area contributed by atoms with Gasteiger partial charge in [0.2, 0.25) is 0 Å². The second-order valence-corrected chi connectivity index (χ2v) is 5.66. The molecule has 1 fully saturated rings.